The number of halogens is 1. The maximum absolute atomic E-state index is 13.1. The maximum atomic E-state index is 13.1. The van der Waals surface area contributed by atoms with Crippen molar-refractivity contribution in [2.24, 2.45) is 0 Å². The van der Waals surface area contributed by atoms with Crippen LogP contribution in [0, 0.1) is 5.82 Å². The summed E-state index contributed by atoms with van der Waals surface area (Å²) in [7, 11) is -3.29. The summed E-state index contributed by atoms with van der Waals surface area (Å²) >= 11 is 0. The van der Waals surface area contributed by atoms with Crippen LogP contribution in [0.2, 0.25) is 0 Å². The van der Waals surface area contributed by atoms with Crippen molar-refractivity contribution in [2.45, 2.75) is 25.4 Å². The van der Waals surface area contributed by atoms with E-state index in [2.05, 4.69) is 10.0 Å². The zero-order chi connectivity index (χ0) is 20.4. The minimum atomic E-state index is -3.29. The van der Waals surface area contributed by atoms with Crippen molar-refractivity contribution in [3.63, 3.8) is 0 Å². The van der Waals surface area contributed by atoms with Gasteiger partial charge in [-0.2, -0.15) is 0 Å². The van der Waals surface area contributed by atoms with Crippen LogP contribution in [0.1, 0.15) is 17.5 Å². The molecule has 1 unspecified atom stereocenters. The number of nitrogens with one attached hydrogen (secondary N) is 2. The topological polar surface area (TPSA) is 87.7 Å². The maximum Gasteiger partial charge on any atom is 0.208 e. The monoisotopic (exact) mass is 410 g/mol. The van der Waals surface area contributed by atoms with Crippen LogP contribution in [0.15, 0.2) is 48.5 Å². The Labute approximate surface area is 165 Å². The first-order valence-corrected chi connectivity index (χ1v) is 11.0. The van der Waals surface area contributed by atoms with Crippen LogP contribution in [0.4, 0.5) is 4.39 Å². The first-order valence-electron chi connectivity index (χ1n) is 9.11. The second-order valence-corrected chi connectivity index (χ2v) is 8.44. The first kappa shape index (κ1) is 22.3. The molecule has 6 nitrogen and oxygen atoms in total. The van der Waals surface area contributed by atoms with Gasteiger partial charge in [0.15, 0.2) is 0 Å². The van der Waals surface area contributed by atoms with Gasteiger partial charge in [-0.3, -0.25) is 0 Å². The molecule has 3 N–H and O–H groups in total. The van der Waals surface area contributed by atoms with Crippen LogP contribution in [0.25, 0.3) is 0 Å². The highest BCUT2D eigenvalue weighted by molar-refractivity contribution is 7.88. The van der Waals surface area contributed by atoms with Crippen molar-refractivity contribution < 1.29 is 22.7 Å². The normalized spacial score (nSPS) is 12.7. The Bertz CT molecular complexity index is 828. The summed E-state index contributed by atoms with van der Waals surface area (Å²) in [5.74, 6) is 0.526. The zero-order valence-electron chi connectivity index (χ0n) is 15.9. The van der Waals surface area contributed by atoms with Gasteiger partial charge in [0.2, 0.25) is 10.0 Å². The van der Waals surface area contributed by atoms with Crippen LogP contribution < -0.4 is 14.8 Å². The summed E-state index contributed by atoms with van der Waals surface area (Å²) in [5.41, 5.74) is 1.94. The summed E-state index contributed by atoms with van der Waals surface area (Å²) in [6.07, 6.45) is 2.63. The smallest absolute Gasteiger partial charge is 0.208 e. The minimum Gasteiger partial charge on any atom is -0.494 e. The molecular weight excluding hydrogens is 383 g/mol. The average molecular weight is 411 g/mol. The van der Waals surface area contributed by atoms with E-state index in [1.807, 2.05) is 30.3 Å². The number of hydrogen-bond acceptors (Lipinski definition) is 5. The van der Waals surface area contributed by atoms with Gasteiger partial charge in [0.1, 0.15) is 11.6 Å². The van der Waals surface area contributed by atoms with Gasteiger partial charge in [0.25, 0.3) is 0 Å². The van der Waals surface area contributed by atoms with Gasteiger partial charge in [-0.15, -0.1) is 0 Å². The van der Waals surface area contributed by atoms with E-state index in [0.717, 1.165) is 36.0 Å². The third-order valence-corrected chi connectivity index (χ3v) is 4.79. The Balaban J connectivity index is 1.70. The molecule has 0 saturated carbocycles. The van der Waals surface area contributed by atoms with Crippen LogP contribution in [0.5, 0.6) is 5.75 Å². The predicted octanol–water partition coefficient (Wildman–Crippen LogP) is 1.84. The highest BCUT2D eigenvalue weighted by Crippen LogP contribution is 2.13. The Morgan fingerprint density at radius 3 is 2.54 bits per heavy atom. The van der Waals surface area contributed by atoms with Gasteiger partial charge in [-0.05, 0) is 48.2 Å². The lowest BCUT2D eigenvalue weighted by molar-refractivity contribution is 0.242. The number of hydrogen-bond donors (Lipinski definition) is 3. The molecule has 1 atom stereocenters. The molecule has 0 amide bonds. The van der Waals surface area contributed by atoms with E-state index in [1.165, 1.54) is 12.1 Å². The summed E-state index contributed by atoms with van der Waals surface area (Å²) in [4.78, 5) is 0. The van der Waals surface area contributed by atoms with Crippen LogP contribution in [-0.2, 0) is 23.0 Å². The van der Waals surface area contributed by atoms with Crippen molar-refractivity contribution in [3.05, 3.63) is 65.5 Å². The first-order chi connectivity index (χ1) is 13.4. The van der Waals surface area contributed by atoms with Gasteiger partial charge in [0.05, 0.1) is 19.5 Å². The second kappa shape index (κ2) is 11.1. The van der Waals surface area contributed by atoms with E-state index in [1.54, 1.807) is 6.07 Å². The highest BCUT2D eigenvalue weighted by Gasteiger charge is 2.10. The SMILES string of the molecule is CS(=O)(=O)NCC(CO)NCc1ccc(OCCCc2cccc(F)c2)cc1. The van der Waals surface area contributed by atoms with Gasteiger partial charge >= 0.3 is 0 Å². The molecule has 8 heteroatoms. The summed E-state index contributed by atoms with van der Waals surface area (Å²) in [6.45, 7) is 0.991. The molecule has 154 valence electrons. The lowest BCUT2D eigenvalue weighted by atomic mass is 10.1. The molecule has 2 rings (SSSR count). The molecule has 0 fully saturated rings. The number of aryl methyl sites for hydroxylation is 1. The Morgan fingerprint density at radius 2 is 1.89 bits per heavy atom. The Kier molecular flexibility index (Phi) is 8.85. The molecule has 0 saturated heterocycles. The van der Waals surface area contributed by atoms with Gasteiger partial charge < -0.3 is 15.2 Å². The number of rotatable bonds is 12. The van der Waals surface area contributed by atoms with Crippen molar-refractivity contribution in [1.82, 2.24) is 10.0 Å². The molecule has 0 spiro atoms. The Morgan fingerprint density at radius 1 is 1.14 bits per heavy atom. The van der Waals surface area contributed by atoms with E-state index in [-0.39, 0.29) is 25.0 Å². The molecule has 2 aromatic carbocycles. The molecule has 0 radical (unpaired) electrons. The third-order valence-electron chi connectivity index (χ3n) is 4.10. The second-order valence-electron chi connectivity index (χ2n) is 6.61. The van der Waals surface area contributed by atoms with Gasteiger partial charge in [-0.25, -0.2) is 17.5 Å². The molecule has 0 heterocycles. The highest BCUT2D eigenvalue weighted by atomic mass is 32.2. The fraction of sp³-hybridized carbons (Fsp3) is 0.400. The molecule has 0 bridgehead atoms. The molecule has 0 aliphatic carbocycles. The van der Waals surface area contributed by atoms with Crippen LogP contribution in [-0.4, -0.2) is 45.6 Å². The van der Waals surface area contributed by atoms with E-state index >= 15 is 0 Å². The van der Waals surface area contributed by atoms with Crippen molar-refractivity contribution in [3.8, 4) is 5.75 Å². The molecule has 0 aliphatic heterocycles. The minimum absolute atomic E-state index is 0.127. The molecule has 28 heavy (non-hydrogen) atoms. The largest absolute Gasteiger partial charge is 0.494 e. The van der Waals surface area contributed by atoms with Crippen LogP contribution >= 0.6 is 0 Å². The summed E-state index contributed by atoms with van der Waals surface area (Å²) in [5, 5.41) is 12.4. The Hall–Kier alpha value is -2.00. The van der Waals surface area contributed by atoms with E-state index in [4.69, 9.17) is 4.74 Å². The molecule has 0 aromatic heterocycles. The zero-order valence-corrected chi connectivity index (χ0v) is 16.7. The van der Waals surface area contributed by atoms with Crippen LogP contribution in [0.3, 0.4) is 0 Å². The van der Waals surface area contributed by atoms with Gasteiger partial charge in [0, 0.05) is 19.1 Å². The van der Waals surface area contributed by atoms with Crippen molar-refractivity contribution >= 4 is 10.0 Å². The number of ether oxygens (including phenoxy) is 1. The molecule has 0 aliphatic rings. The summed E-state index contributed by atoms with van der Waals surface area (Å²) in [6, 6.07) is 13.7. The van der Waals surface area contributed by atoms with E-state index in [9.17, 15) is 17.9 Å². The van der Waals surface area contributed by atoms with Crippen molar-refractivity contribution in [2.75, 3.05) is 26.0 Å². The fourth-order valence-electron chi connectivity index (χ4n) is 2.58. The third kappa shape index (κ3) is 8.79. The average Bonchev–Trinajstić information content (AvgIpc) is 2.66. The number of benzene rings is 2. The van der Waals surface area contributed by atoms with Gasteiger partial charge in [-0.1, -0.05) is 24.3 Å². The standard InChI is InChI=1S/C20H27FN2O4S/c1-28(25,26)23-14-19(15-24)22-13-17-7-9-20(10-8-17)27-11-3-5-16-4-2-6-18(21)12-16/h2,4,6-10,12,19,22-24H,3,5,11,13-15H2,1H3. The predicted molar refractivity (Wildman–Crippen MR) is 107 cm³/mol. The number of aliphatic hydroxyl groups excluding tert-OH is 1. The summed E-state index contributed by atoms with van der Waals surface area (Å²) < 4.78 is 43.4. The van der Waals surface area contributed by atoms with Crippen molar-refractivity contribution in [1.29, 1.82) is 0 Å². The fourth-order valence-corrected chi connectivity index (χ4v) is 3.08. The lowest BCUT2D eigenvalue weighted by Gasteiger charge is -2.16. The lowest BCUT2D eigenvalue weighted by Crippen LogP contribution is -2.42. The number of aliphatic hydroxyl groups is 1. The quantitative estimate of drug-likeness (QED) is 0.465. The van der Waals surface area contributed by atoms with E-state index < -0.39 is 10.0 Å². The number of sulfonamides is 1. The molecular formula is C20H27FN2O4S. The molecule has 2 aromatic rings. The van der Waals surface area contributed by atoms with E-state index in [0.29, 0.717) is 13.2 Å².